The number of hydrogen-bond donors (Lipinski definition) is 2. The van der Waals surface area contributed by atoms with E-state index < -0.39 is 0 Å². The molecule has 0 radical (unpaired) electrons. The monoisotopic (exact) mass is 262 g/mol. The predicted molar refractivity (Wildman–Crippen MR) is 74.5 cm³/mol. The normalized spacial score (nSPS) is 18.8. The van der Waals surface area contributed by atoms with Gasteiger partial charge in [0.15, 0.2) is 0 Å². The average Bonchev–Trinajstić information content (AvgIpc) is 2.21. The van der Waals surface area contributed by atoms with Gasteiger partial charge in [0.1, 0.15) is 0 Å². The van der Waals surface area contributed by atoms with E-state index in [9.17, 15) is 4.79 Å². The van der Waals surface area contributed by atoms with Crippen molar-refractivity contribution in [1.82, 2.24) is 10.6 Å². The van der Waals surface area contributed by atoms with Crippen LogP contribution in [0.25, 0.3) is 0 Å². The smallest absolute Gasteiger partial charge is 0.224 e. The molecular formula is C13H27ClN2O. The molecule has 2 N–H and O–H groups in total. The maximum atomic E-state index is 11.8. The molecule has 1 rings (SSSR count). The van der Waals surface area contributed by atoms with E-state index in [0.29, 0.717) is 5.41 Å². The molecule has 1 fully saturated rings. The second-order valence-corrected chi connectivity index (χ2v) is 5.28. The van der Waals surface area contributed by atoms with Gasteiger partial charge in [0.05, 0.1) is 0 Å². The summed E-state index contributed by atoms with van der Waals surface area (Å²) in [6.45, 7) is 5.84. The van der Waals surface area contributed by atoms with Crippen LogP contribution in [0.3, 0.4) is 0 Å². The van der Waals surface area contributed by atoms with Gasteiger partial charge in [0.2, 0.25) is 5.91 Å². The summed E-state index contributed by atoms with van der Waals surface area (Å²) in [7, 11) is 1.88. The van der Waals surface area contributed by atoms with Crippen LogP contribution < -0.4 is 10.6 Å². The van der Waals surface area contributed by atoms with Crippen LogP contribution in [0.15, 0.2) is 0 Å². The summed E-state index contributed by atoms with van der Waals surface area (Å²) < 4.78 is 0. The van der Waals surface area contributed by atoms with Gasteiger partial charge in [-0.25, -0.2) is 0 Å². The summed E-state index contributed by atoms with van der Waals surface area (Å²) in [5.41, 5.74) is 0.434. The van der Waals surface area contributed by atoms with Gasteiger partial charge in [-0.15, -0.1) is 12.4 Å². The molecule has 102 valence electrons. The predicted octanol–water partition coefficient (Wildman–Crippen LogP) is 2.35. The van der Waals surface area contributed by atoms with Gasteiger partial charge in [-0.3, -0.25) is 4.79 Å². The summed E-state index contributed by atoms with van der Waals surface area (Å²) >= 11 is 0. The van der Waals surface area contributed by atoms with Crippen LogP contribution in [-0.4, -0.2) is 26.0 Å². The minimum atomic E-state index is 0. The molecule has 17 heavy (non-hydrogen) atoms. The van der Waals surface area contributed by atoms with E-state index in [2.05, 4.69) is 17.6 Å². The van der Waals surface area contributed by atoms with Crippen molar-refractivity contribution in [2.75, 3.05) is 20.1 Å². The Morgan fingerprint density at radius 3 is 2.47 bits per heavy atom. The highest BCUT2D eigenvalue weighted by molar-refractivity contribution is 5.85. The zero-order valence-electron chi connectivity index (χ0n) is 11.3. The number of amides is 1. The second kappa shape index (κ2) is 7.93. The lowest BCUT2D eigenvalue weighted by molar-refractivity contribution is -0.125. The van der Waals surface area contributed by atoms with Crippen LogP contribution in [0.2, 0.25) is 0 Å². The zero-order chi connectivity index (χ0) is 12.0. The number of carbonyl (C=O) groups excluding carboxylic acids is 1. The molecule has 0 bridgehead atoms. The summed E-state index contributed by atoms with van der Waals surface area (Å²) in [6.07, 6.45) is 6.40. The summed E-state index contributed by atoms with van der Waals surface area (Å²) in [5, 5.41) is 6.15. The fraction of sp³-hybridized carbons (Fsp3) is 0.923. The first-order valence-corrected chi connectivity index (χ1v) is 6.56. The number of nitrogens with one attached hydrogen (secondary N) is 2. The van der Waals surface area contributed by atoms with E-state index in [0.717, 1.165) is 13.1 Å². The van der Waals surface area contributed by atoms with Crippen molar-refractivity contribution in [2.24, 2.45) is 11.3 Å². The van der Waals surface area contributed by atoms with E-state index in [4.69, 9.17) is 0 Å². The number of hydrogen-bond acceptors (Lipinski definition) is 2. The SMILES string of the molecule is CCCC1(CNC(=O)C(C)CNC)CCC1.Cl. The van der Waals surface area contributed by atoms with Crippen molar-refractivity contribution < 1.29 is 4.79 Å². The highest BCUT2D eigenvalue weighted by Crippen LogP contribution is 2.44. The van der Waals surface area contributed by atoms with Crippen LogP contribution in [0.5, 0.6) is 0 Å². The van der Waals surface area contributed by atoms with Gasteiger partial charge in [-0.05, 0) is 31.7 Å². The van der Waals surface area contributed by atoms with Crippen LogP contribution in [0.4, 0.5) is 0 Å². The van der Waals surface area contributed by atoms with Crippen LogP contribution in [0, 0.1) is 11.3 Å². The Morgan fingerprint density at radius 2 is 2.06 bits per heavy atom. The molecule has 0 aromatic rings. The summed E-state index contributed by atoms with van der Waals surface area (Å²) in [5.74, 6) is 0.264. The molecule has 1 unspecified atom stereocenters. The van der Waals surface area contributed by atoms with Gasteiger partial charge >= 0.3 is 0 Å². The Hall–Kier alpha value is -0.280. The van der Waals surface area contributed by atoms with Crippen molar-refractivity contribution in [3.05, 3.63) is 0 Å². The second-order valence-electron chi connectivity index (χ2n) is 5.28. The van der Waals surface area contributed by atoms with E-state index in [1.807, 2.05) is 14.0 Å². The summed E-state index contributed by atoms with van der Waals surface area (Å²) in [4.78, 5) is 11.8. The molecule has 1 atom stereocenters. The lowest BCUT2D eigenvalue weighted by Crippen LogP contribution is -2.44. The first-order valence-electron chi connectivity index (χ1n) is 6.56. The fourth-order valence-electron chi connectivity index (χ4n) is 2.57. The van der Waals surface area contributed by atoms with Crippen LogP contribution in [0.1, 0.15) is 46.0 Å². The maximum Gasteiger partial charge on any atom is 0.224 e. The molecular weight excluding hydrogens is 236 g/mol. The van der Waals surface area contributed by atoms with Gasteiger partial charge < -0.3 is 10.6 Å². The molecule has 1 saturated carbocycles. The zero-order valence-corrected chi connectivity index (χ0v) is 12.2. The quantitative estimate of drug-likeness (QED) is 0.740. The first kappa shape index (κ1) is 16.7. The largest absolute Gasteiger partial charge is 0.355 e. The van der Waals surface area contributed by atoms with E-state index in [1.54, 1.807) is 0 Å². The topological polar surface area (TPSA) is 41.1 Å². The van der Waals surface area contributed by atoms with Crippen molar-refractivity contribution >= 4 is 18.3 Å². The van der Waals surface area contributed by atoms with Gasteiger partial charge in [0.25, 0.3) is 0 Å². The molecule has 1 aliphatic carbocycles. The molecule has 3 nitrogen and oxygen atoms in total. The average molecular weight is 263 g/mol. The Labute approximate surface area is 112 Å². The van der Waals surface area contributed by atoms with E-state index >= 15 is 0 Å². The van der Waals surface area contributed by atoms with E-state index in [-0.39, 0.29) is 24.2 Å². The van der Waals surface area contributed by atoms with Crippen molar-refractivity contribution in [1.29, 1.82) is 0 Å². The standard InChI is InChI=1S/C13H26N2O.ClH/c1-4-6-13(7-5-8-13)10-15-12(16)11(2)9-14-3;/h11,14H,4-10H2,1-3H3,(H,15,16);1H. The van der Waals surface area contributed by atoms with Crippen molar-refractivity contribution in [3.63, 3.8) is 0 Å². The summed E-state index contributed by atoms with van der Waals surface area (Å²) in [6, 6.07) is 0. The molecule has 0 saturated heterocycles. The molecule has 0 aliphatic heterocycles. The van der Waals surface area contributed by atoms with Crippen LogP contribution >= 0.6 is 12.4 Å². The minimum absolute atomic E-state index is 0. The third kappa shape index (κ3) is 4.84. The Kier molecular flexibility index (Phi) is 7.80. The molecule has 4 heteroatoms. The molecule has 0 aromatic carbocycles. The third-order valence-electron chi connectivity index (χ3n) is 3.79. The number of rotatable bonds is 7. The lowest BCUT2D eigenvalue weighted by Gasteiger charge is -2.42. The maximum absolute atomic E-state index is 11.8. The van der Waals surface area contributed by atoms with Gasteiger partial charge in [-0.1, -0.05) is 26.7 Å². The van der Waals surface area contributed by atoms with Gasteiger partial charge in [0, 0.05) is 19.0 Å². The fourth-order valence-corrected chi connectivity index (χ4v) is 2.57. The highest BCUT2D eigenvalue weighted by Gasteiger charge is 2.36. The van der Waals surface area contributed by atoms with Crippen LogP contribution in [-0.2, 0) is 4.79 Å². The Bertz CT molecular complexity index is 229. The Balaban J connectivity index is 0.00000256. The lowest BCUT2D eigenvalue weighted by atomic mass is 9.66. The number of halogens is 1. The molecule has 1 aliphatic rings. The molecule has 1 amide bonds. The minimum Gasteiger partial charge on any atom is -0.355 e. The third-order valence-corrected chi connectivity index (χ3v) is 3.79. The van der Waals surface area contributed by atoms with E-state index in [1.165, 1.54) is 32.1 Å². The Morgan fingerprint density at radius 1 is 1.41 bits per heavy atom. The molecule has 0 aromatic heterocycles. The van der Waals surface area contributed by atoms with Gasteiger partial charge in [-0.2, -0.15) is 0 Å². The first-order chi connectivity index (χ1) is 7.63. The van der Waals surface area contributed by atoms with Crippen molar-refractivity contribution in [2.45, 2.75) is 46.0 Å². The molecule has 0 heterocycles. The highest BCUT2D eigenvalue weighted by atomic mass is 35.5. The number of carbonyl (C=O) groups is 1. The molecule has 0 spiro atoms. The van der Waals surface area contributed by atoms with Crippen molar-refractivity contribution in [3.8, 4) is 0 Å².